The smallest absolute Gasteiger partial charge is 0.244 e. The average Bonchev–Trinajstić information content (AvgIpc) is 2.60. The van der Waals surface area contributed by atoms with Crippen molar-refractivity contribution in [3.05, 3.63) is 11.4 Å². The Bertz CT molecular complexity index is 538. The van der Waals surface area contributed by atoms with Gasteiger partial charge in [0.15, 0.2) is 0 Å². The fourth-order valence-corrected chi connectivity index (χ4v) is 4.29. The summed E-state index contributed by atoms with van der Waals surface area (Å²) in [5.41, 5.74) is 0.0421. The third kappa shape index (κ3) is 3.39. The van der Waals surface area contributed by atoms with Crippen LogP contribution in [0.2, 0.25) is 0 Å². The minimum absolute atomic E-state index is 0.0688. The molecule has 1 aliphatic carbocycles. The van der Waals surface area contributed by atoms with Crippen LogP contribution in [-0.2, 0) is 10.0 Å². The highest BCUT2D eigenvalue weighted by Gasteiger charge is 2.31. The second-order valence-electron chi connectivity index (χ2n) is 5.73. The van der Waals surface area contributed by atoms with Crippen LogP contribution in [0.4, 0.5) is 0 Å². The Hall–Kier alpha value is -0.920. The first-order valence-electron chi connectivity index (χ1n) is 7.08. The van der Waals surface area contributed by atoms with E-state index in [-0.39, 0.29) is 11.4 Å². The zero-order chi connectivity index (χ0) is 14.8. The Balaban J connectivity index is 2.09. The maximum atomic E-state index is 12.3. The first kappa shape index (κ1) is 15.5. The molecule has 0 aromatic carbocycles. The number of aromatic amines is 1. The molecule has 114 valence electrons. The van der Waals surface area contributed by atoms with Crippen molar-refractivity contribution >= 4 is 10.0 Å². The minimum Gasteiger partial charge on any atom is -0.389 e. The molecule has 1 fully saturated rings. The van der Waals surface area contributed by atoms with Crippen LogP contribution in [0.5, 0.6) is 0 Å². The monoisotopic (exact) mass is 301 g/mol. The molecule has 2 rings (SSSR count). The van der Waals surface area contributed by atoms with Gasteiger partial charge in [0.25, 0.3) is 0 Å². The van der Waals surface area contributed by atoms with Gasteiger partial charge in [0.2, 0.25) is 10.0 Å². The van der Waals surface area contributed by atoms with Crippen molar-refractivity contribution in [1.82, 2.24) is 14.9 Å². The predicted octanol–water partition coefficient (Wildman–Crippen LogP) is 1.39. The number of hydrogen-bond donors (Lipinski definition) is 3. The fourth-order valence-electron chi connectivity index (χ4n) is 2.80. The molecule has 1 aromatic rings. The number of aryl methyl sites for hydroxylation is 2. The van der Waals surface area contributed by atoms with Crippen LogP contribution in [0.1, 0.15) is 49.9 Å². The van der Waals surface area contributed by atoms with Crippen molar-refractivity contribution in [3.63, 3.8) is 0 Å². The molecule has 0 saturated heterocycles. The molecule has 1 aromatic heterocycles. The molecule has 6 nitrogen and oxygen atoms in total. The van der Waals surface area contributed by atoms with Crippen molar-refractivity contribution in [2.24, 2.45) is 0 Å². The Morgan fingerprint density at radius 3 is 2.35 bits per heavy atom. The summed E-state index contributed by atoms with van der Waals surface area (Å²) in [7, 11) is -3.63. The van der Waals surface area contributed by atoms with E-state index >= 15 is 0 Å². The van der Waals surface area contributed by atoms with Gasteiger partial charge in [0.05, 0.1) is 17.0 Å². The van der Waals surface area contributed by atoms with E-state index in [0.29, 0.717) is 24.2 Å². The Kier molecular flexibility index (Phi) is 4.51. The van der Waals surface area contributed by atoms with E-state index in [1.54, 1.807) is 13.8 Å². The lowest BCUT2D eigenvalue weighted by atomic mass is 9.95. The van der Waals surface area contributed by atoms with Gasteiger partial charge in [0.1, 0.15) is 4.90 Å². The van der Waals surface area contributed by atoms with Gasteiger partial charge in [-0.1, -0.05) is 25.7 Å². The summed E-state index contributed by atoms with van der Waals surface area (Å²) in [6.45, 7) is 3.40. The zero-order valence-corrected chi connectivity index (χ0v) is 12.9. The van der Waals surface area contributed by atoms with Gasteiger partial charge in [-0.05, 0) is 26.7 Å². The molecule has 20 heavy (non-hydrogen) atoms. The molecule has 0 amide bonds. The molecule has 0 radical (unpaired) electrons. The van der Waals surface area contributed by atoms with Gasteiger partial charge < -0.3 is 5.11 Å². The van der Waals surface area contributed by atoms with Gasteiger partial charge >= 0.3 is 0 Å². The lowest BCUT2D eigenvalue weighted by Gasteiger charge is -2.26. The number of nitrogens with one attached hydrogen (secondary N) is 2. The minimum atomic E-state index is -3.63. The highest BCUT2D eigenvalue weighted by atomic mass is 32.2. The highest BCUT2D eigenvalue weighted by molar-refractivity contribution is 7.89. The van der Waals surface area contributed by atoms with Crippen molar-refractivity contribution in [1.29, 1.82) is 0 Å². The lowest BCUT2D eigenvalue weighted by Crippen LogP contribution is -2.42. The van der Waals surface area contributed by atoms with E-state index < -0.39 is 15.6 Å². The van der Waals surface area contributed by atoms with Crippen LogP contribution >= 0.6 is 0 Å². The maximum absolute atomic E-state index is 12.3. The largest absolute Gasteiger partial charge is 0.389 e. The maximum Gasteiger partial charge on any atom is 0.244 e. The molecule has 7 heteroatoms. The molecule has 0 spiro atoms. The Morgan fingerprint density at radius 2 is 1.85 bits per heavy atom. The summed E-state index contributed by atoms with van der Waals surface area (Å²) in [6, 6.07) is 0. The SMILES string of the molecule is Cc1n[nH]c(C)c1S(=O)(=O)NCC1(O)CCCCCC1. The summed E-state index contributed by atoms with van der Waals surface area (Å²) in [6.07, 6.45) is 5.41. The number of rotatable bonds is 4. The van der Waals surface area contributed by atoms with E-state index in [1.165, 1.54) is 0 Å². The fraction of sp³-hybridized carbons (Fsp3) is 0.769. The van der Waals surface area contributed by atoms with Gasteiger partial charge in [0, 0.05) is 6.54 Å². The molecule has 3 N–H and O–H groups in total. The van der Waals surface area contributed by atoms with E-state index in [4.69, 9.17) is 0 Å². The number of hydrogen-bond acceptors (Lipinski definition) is 4. The number of sulfonamides is 1. The summed E-state index contributed by atoms with van der Waals surface area (Å²) >= 11 is 0. The third-order valence-electron chi connectivity index (χ3n) is 3.95. The molecule has 1 heterocycles. The quantitative estimate of drug-likeness (QED) is 0.732. The number of aliphatic hydroxyl groups is 1. The standard InChI is InChI=1S/C13H23N3O3S/c1-10-12(11(2)16-15-10)20(18,19)14-9-13(17)7-5-3-4-6-8-13/h14,17H,3-9H2,1-2H3,(H,15,16). The summed E-state index contributed by atoms with van der Waals surface area (Å²) < 4.78 is 27.2. The summed E-state index contributed by atoms with van der Waals surface area (Å²) in [5.74, 6) is 0. The molecule has 0 bridgehead atoms. The van der Waals surface area contributed by atoms with Crippen LogP contribution < -0.4 is 4.72 Å². The number of nitrogens with zero attached hydrogens (tertiary/aromatic N) is 1. The zero-order valence-electron chi connectivity index (χ0n) is 12.1. The van der Waals surface area contributed by atoms with E-state index in [1.807, 2.05) is 0 Å². The molecule has 0 unspecified atom stereocenters. The molecule has 1 aliphatic rings. The van der Waals surface area contributed by atoms with Crippen LogP contribution in [0.3, 0.4) is 0 Å². The van der Waals surface area contributed by atoms with Gasteiger partial charge in [-0.2, -0.15) is 5.10 Å². The normalized spacial score (nSPS) is 19.8. The molecule has 0 atom stereocenters. The summed E-state index contributed by atoms with van der Waals surface area (Å²) in [4.78, 5) is 0.190. The van der Waals surface area contributed by atoms with Gasteiger partial charge in [-0.15, -0.1) is 0 Å². The molecule has 1 saturated carbocycles. The van der Waals surface area contributed by atoms with Crippen LogP contribution in [0, 0.1) is 13.8 Å². The average molecular weight is 301 g/mol. The van der Waals surface area contributed by atoms with Crippen molar-refractivity contribution in [2.45, 2.75) is 62.9 Å². The van der Waals surface area contributed by atoms with Gasteiger partial charge in [-0.25, -0.2) is 13.1 Å². The van der Waals surface area contributed by atoms with Crippen LogP contribution in [0.25, 0.3) is 0 Å². The third-order valence-corrected chi connectivity index (χ3v) is 5.62. The van der Waals surface area contributed by atoms with Crippen molar-refractivity contribution < 1.29 is 13.5 Å². The molecular formula is C13H23N3O3S. The number of aromatic nitrogens is 2. The Morgan fingerprint density at radius 1 is 1.25 bits per heavy atom. The first-order chi connectivity index (χ1) is 9.34. The van der Waals surface area contributed by atoms with Crippen molar-refractivity contribution in [3.8, 4) is 0 Å². The molecule has 0 aliphatic heterocycles. The predicted molar refractivity (Wildman–Crippen MR) is 75.9 cm³/mol. The first-order valence-corrected chi connectivity index (χ1v) is 8.56. The van der Waals surface area contributed by atoms with Crippen LogP contribution in [-0.4, -0.2) is 35.9 Å². The second-order valence-corrected chi connectivity index (χ2v) is 7.43. The van der Waals surface area contributed by atoms with Crippen molar-refractivity contribution in [2.75, 3.05) is 6.54 Å². The highest BCUT2D eigenvalue weighted by Crippen LogP contribution is 2.27. The number of H-pyrrole nitrogens is 1. The van der Waals surface area contributed by atoms with E-state index in [2.05, 4.69) is 14.9 Å². The lowest BCUT2D eigenvalue weighted by molar-refractivity contribution is 0.0303. The van der Waals surface area contributed by atoms with Crippen LogP contribution in [0.15, 0.2) is 4.90 Å². The molecular weight excluding hydrogens is 278 g/mol. The van der Waals surface area contributed by atoms with Gasteiger partial charge in [-0.3, -0.25) is 5.10 Å². The van der Waals surface area contributed by atoms with E-state index in [0.717, 1.165) is 25.7 Å². The summed E-state index contributed by atoms with van der Waals surface area (Å²) in [5, 5.41) is 17.1. The topological polar surface area (TPSA) is 95.1 Å². The second kappa shape index (κ2) is 5.83. The van der Waals surface area contributed by atoms with E-state index in [9.17, 15) is 13.5 Å². The Labute approximate surface area is 120 Å².